The number of rotatable bonds is 8. The second kappa shape index (κ2) is 10.5. The number of nitrogens with one attached hydrogen (secondary N) is 1. The minimum Gasteiger partial charge on any atom is -0.272 e. The van der Waals surface area contributed by atoms with Crippen LogP contribution in [0.5, 0.6) is 0 Å². The quantitative estimate of drug-likeness (QED) is 0.394. The van der Waals surface area contributed by atoms with Gasteiger partial charge in [-0.15, -0.1) is 0 Å². The number of hydrogen-bond donors (Lipinski definition) is 1. The SMILES string of the molecule is Cc1ccc(S(=O)(=O)N(CC(=O)N/N=C\c2ccccc2)Cc2c(F)cccc2Cl)cc1. The van der Waals surface area contributed by atoms with E-state index >= 15 is 0 Å². The Bertz CT molecular complexity index is 1200. The summed E-state index contributed by atoms with van der Waals surface area (Å²) in [6.07, 6.45) is 1.43. The first-order valence-corrected chi connectivity index (χ1v) is 11.5. The van der Waals surface area contributed by atoms with E-state index in [1.165, 1.54) is 36.5 Å². The number of hydrazone groups is 1. The van der Waals surface area contributed by atoms with Gasteiger partial charge in [0.05, 0.1) is 17.7 Å². The minimum atomic E-state index is -4.13. The highest BCUT2D eigenvalue weighted by Gasteiger charge is 2.28. The van der Waals surface area contributed by atoms with Gasteiger partial charge in [-0.05, 0) is 36.8 Å². The molecule has 6 nitrogen and oxygen atoms in total. The molecule has 0 spiro atoms. The van der Waals surface area contributed by atoms with Crippen molar-refractivity contribution in [3.63, 3.8) is 0 Å². The van der Waals surface area contributed by atoms with Crippen molar-refractivity contribution >= 4 is 33.7 Å². The Labute approximate surface area is 191 Å². The largest absolute Gasteiger partial charge is 0.272 e. The molecule has 0 aliphatic rings. The van der Waals surface area contributed by atoms with Crippen molar-refractivity contribution in [1.29, 1.82) is 0 Å². The zero-order valence-electron chi connectivity index (χ0n) is 17.2. The van der Waals surface area contributed by atoms with Crippen molar-refractivity contribution in [2.75, 3.05) is 6.54 Å². The van der Waals surface area contributed by atoms with Crippen molar-refractivity contribution in [2.45, 2.75) is 18.4 Å². The predicted molar refractivity (Wildman–Crippen MR) is 122 cm³/mol. The van der Waals surface area contributed by atoms with Crippen molar-refractivity contribution in [3.8, 4) is 0 Å². The molecule has 0 atom stereocenters. The number of aryl methyl sites for hydroxylation is 1. The van der Waals surface area contributed by atoms with Crippen LogP contribution in [0.1, 0.15) is 16.7 Å². The summed E-state index contributed by atoms with van der Waals surface area (Å²) in [6, 6.07) is 19.3. The first-order chi connectivity index (χ1) is 15.3. The van der Waals surface area contributed by atoms with Crippen molar-refractivity contribution in [2.24, 2.45) is 5.10 Å². The molecule has 0 aromatic heterocycles. The van der Waals surface area contributed by atoms with Crippen LogP contribution in [0.2, 0.25) is 5.02 Å². The lowest BCUT2D eigenvalue weighted by Gasteiger charge is -2.22. The van der Waals surface area contributed by atoms with E-state index in [-0.39, 0.29) is 15.5 Å². The van der Waals surface area contributed by atoms with Gasteiger partial charge >= 0.3 is 0 Å². The highest BCUT2D eigenvalue weighted by atomic mass is 35.5. The van der Waals surface area contributed by atoms with E-state index in [2.05, 4.69) is 10.5 Å². The van der Waals surface area contributed by atoms with Crippen LogP contribution in [0.15, 0.2) is 82.8 Å². The Morgan fingerprint density at radius 3 is 2.41 bits per heavy atom. The third kappa shape index (κ3) is 6.00. The summed E-state index contributed by atoms with van der Waals surface area (Å²) in [5, 5.41) is 3.92. The summed E-state index contributed by atoms with van der Waals surface area (Å²) in [5.41, 5.74) is 3.92. The smallest absolute Gasteiger partial charge is 0.255 e. The molecule has 0 heterocycles. The maximum absolute atomic E-state index is 14.4. The molecular formula is C23H21ClFN3O3S. The molecule has 3 aromatic rings. The highest BCUT2D eigenvalue weighted by molar-refractivity contribution is 7.89. The van der Waals surface area contributed by atoms with E-state index < -0.39 is 34.8 Å². The molecule has 9 heteroatoms. The molecule has 0 unspecified atom stereocenters. The second-order valence-corrected chi connectivity index (χ2v) is 9.34. The van der Waals surface area contributed by atoms with Gasteiger partial charge in [0.2, 0.25) is 10.0 Å². The van der Waals surface area contributed by atoms with Crippen LogP contribution in [-0.4, -0.2) is 31.4 Å². The Morgan fingerprint density at radius 1 is 1.06 bits per heavy atom. The number of sulfonamides is 1. The van der Waals surface area contributed by atoms with Crippen LogP contribution in [0.3, 0.4) is 0 Å². The monoisotopic (exact) mass is 473 g/mol. The molecule has 0 saturated carbocycles. The fourth-order valence-electron chi connectivity index (χ4n) is 2.86. The first-order valence-electron chi connectivity index (χ1n) is 9.64. The molecule has 3 rings (SSSR count). The molecule has 0 radical (unpaired) electrons. The van der Waals surface area contributed by atoms with Crippen LogP contribution in [-0.2, 0) is 21.4 Å². The van der Waals surface area contributed by atoms with E-state index in [0.29, 0.717) is 0 Å². The maximum atomic E-state index is 14.4. The molecular weight excluding hydrogens is 453 g/mol. The number of halogens is 2. The average Bonchev–Trinajstić information content (AvgIpc) is 2.76. The molecule has 0 bridgehead atoms. The van der Waals surface area contributed by atoms with Crippen molar-refractivity contribution < 1.29 is 17.6 Å². The zero-order chi connectivity index (χ0) is 23.1. The summed E-state index contributed by atoms with van der Waals surface area (Å²) in [7, 11) is -4.13. The Kier molecular flexibility index (Phi) is 7.74. The summed E-state index contributed by atoms with van der Waals surface area (Å²) in [6.45, 7) is 0.829. The van der Waals surface area contributed by atoms with Crippen LogP contribution < -0.4 is 5.43 Å². The van der Waals surface area contributed by atoms with E-state index in [4.69, 9.17) is 11.6 Å². The Hall–Kier alpha value is -3.07. The topological polar surface area (TPSA) is 78.8 Å². The van der Waals surface area contributed by atoms with Crippen LogP contribution in [0.25, 0.3) is 0 Å². The molecule has 0 aliphatic heterocycles. The Morgan fingerprint density at radius 2 is 1.75 bits per heavy atom. The third-order valence-corrected chi connectivity index (χ3v) is 6.74. The molecule has 32 heavy (non-hydrogen) atoms. The lowest BCUT2D eigenvalue weighted by molar-refractivity contribution is -0.121. The molecule has 0 fully saturated rings. The summed E-state index contributed by atoms with van der Waals surface area (Å²) >= 11 is 6.09. The standard InChI is InChI=1S/C23H21ClFN3O3S/c1-17-10-12-19(13-11-17)32(30,31)28(15-20-21(24)8-5-9-22(20)25)16-23(29)27-26-14-18-6-3-2-4-7-18/h2-14H,15-16H2,1H3,(H,27,29)/b26-14-. The van der Waals surface area contributed by atoms with Gasteiger partial charge in [-0.25, -0.2) is 18.2 Å². The minimum absolute atomic E-state index is 0.0175. The molecule has 1 amide bonds. The fourth-order valence-corrected chi connectivity index (χ4v) is 4.45. The van der Waals surface area contributed by atoms with Gasteiger partial charge in [0, 0.05) is 17.1 Å². The predicted octanol–water partition coefficient (Wildman–Crippen LogP) is 4.13. The van der Waals surface area contributed by atoms with Gasteiger partial charge in [-0.2, -0.15) is 9.41 Å². The first kappa shape index (κ1) is 23.6. The second-order valence-electron chi connectivity index (χ2n) is 6.99. The fraction of sp³-hybridized carbons (Fsp3) is 0.130. The maximum Gasteiger partial charge on any atom is 0.255 e. The van der Waals surface area contributed by atoms with Gasteiger partial charge in [-0.3, -0.25) is 4.79 Å². The number of benzene rings is 3. The molecule has 166 valence electrons. The van der Waals surface area contributed by atoms with Gasteiger partial charge in [0.25, 0.3) is 5.91 Å². The number of nitrogens with zero attached hydrogens (tertiary/aromatic N) is 2. The lowest BCUT2D eigenvalue weighted by Crippen LogP contribution is -2.39. The highest BCUT2D eigenvalue weighted by Crippen LogP contribution is 2.24. The number of amides is 1. The average molecular weight is 474 g/mol. The van der Waals surface area contributed by atoms with Gasteiger partial charge in [0.15, 0.2) is 0 Å². The number of carbonyl (C=O) groups excluding carboxylic acids is 1. The summed E-state index contributed by atoms with van der Waals surface area (Å²) in [5.74, 6) is -1.34. The number of carbonyl (C=O) groups is 1. The summed E-state index contributed by atoms with van der Waals surface area (Å²) in [4.78, 5) is 12.5. The van der Waals surface area contributed by atoms with E-state index in [1.807, 2.05) is 25.1 Å². The van der Waals surface area contributed by atoms with Crippen LogP contribution in [0.4, 0.5) is 4.39 Å². The van der Waals surface area contributed by atoms with Crippen LogP contribution in [0, 0.1) is 12.7 Å². The van der Waals surface area contributed by atoms with E-state index in [1.54, 1.807) is 24.3 Å². The van der Waals surface area contributed by atoms with E-state index in [0.717, 1.165) is 15.4 Å². The van der Waals surface area contributed by atoms with Gasteiger partial charge < -0.3 is 0 Å². The van der Waals surface area contributed by atoms with Gasteiger partial charge in [0.1, 0.15) is 5.82 Å². The lowest BCUT2D eigenvalue weighted by atomic mass is 10.2. The normalized spacial score (nSPS) is 11.8. The van der Waals surface area contributed by atoms with Gasteiger partial charge in [-0.1, -0.05) is 65.7 Å². The number of hydrogen-bond acceptors (Lipinski definition) is 4. The zero-order valence-corrected chi connectivity index (χ0v) is 18.8. The summed E-state index contributed by atoms with van der Waals surface area (Å²) < 4.78 is 41.7. The third-order valence-electron chi connectivity index (χ3n) is 4.58. The van der Waals surface area contributed by atoms with Crippen molar-refractivity contribution in [3.05, 3.63) is 100 Å². The molecule has 1 N–H and O–H groups in total. The van der Waals surface area contributed by atoms with Crippen LogP contribution >= 0.6 is 11.6 Å². The van der Waals surface area contributed by atoms with E-state index in [9.17, 15) is 17.6 Å². The molecule has 0 aliphatic carbocycles. The Balaban J connectivity index is 1.85. The van der Waals surface area contributed by atoms with Crippen molar-refractivity contribution in [1.82, 2.24) is 9.73 Å². The molecule has 0 saturated heterocycles. The molecule has 3 aromatic carbocycles.